The summed E-state index contributed by atoms with van der Waals surface area (Å²) in [5.74, 6) is 4.73. The molecular formula is C27H30FN5O4. The molecule has 0 radical (unpaired) electrons. The normalized spacial score (nSPS) is 12.1. The van der Waals surface area contributed by atoms with E-state index in [4.69, 9.17) is 16.8 Å². The van der Waals surface area contributed by atoms with Gasteiger partial charge in [-0.3, -0.25) is 14.8 Å². The number of benzene rings is 3. The summed E-state index contributed by atoms with van der Waals surface area (Å²) in [4.78, 5) is 24.2. The molecule has 0 bridgehead atoms. The minimum Gasteiger partial charge on any atom is -0.399 e. The molecule has 0 fully saturated rings. The Labute approximate surface area is 214 Å². The summed E-state index contributed by atoms with van der Waals surface area (Å²) >= 11 is 0. The largest absolute Gasteiger partial charge is 0.399 e. The number of rotatable bonds is 11. The van der Waals surface area contributed by atoms with Crippen LogP contribution in [0.3, 0.4) is 0 Å². The molecule has 3 aromatic carbocycles. The lowest BCUT2D eigenvalue weighted by molar-refractivity contribution is -0.130. The summed E-state index contributed by atoms with van der Waals surface area (Å²) in [6.45, 7) is -0.0596. The van der Waals surface area contributed by atoms with Gasteiger partial charge in [-0.25, -0.2) is 15.7 Å². The van der Waals surface area contributed by atoms with E-state index in [0.717, 1.165) is 22.3 Å². The first kappa shape index (κ1) is 27.3. The Kier molecular flexibility index (Phi) is 9.73. The van der Waals surface area contributed by atoms with Gasteiger partial charge in [-0.05, 0) is 52.9 Å². The second-order valence-corrected chi connectivity index (χ2v) is 8.49. The average molecular weight is 508 g/mol. The molecule has 0 aromatic heterocycles. The molecule has 194 valence electrons. The highest BCUT2D eigenvalue weighted by Crippen LogP contribution is 2.22. The summed E-state index contributed by atoms with van der Waals surface area (Å²) in [7, 11) is 0. The van der Waals surface area contributed by atoms with Crippen LogP contribution in [-0.2, 0) is 17.8 Å². The van der Waals surface area contributed by atoms with Crippen LogP contribution in [0.15, 0.2) is 84.7 Å². The van der Waals surface area contributed by atoms with Crippen molar-refractivity contribution in [2.75, 3.05) is 6.54 Å². The van der Waals surface area contributed by atoms with Crippen LogP contribution >= 0.6 is 0 Å². The SMILES string of the molecule is N/C(=C\N(N)C(CC(=O)NO)Cc1cccc(-c2ccc(CO)cc2)c1)CNC(=O)c1ccc(F)cc1. The lowest BCUT2D eigenvalue weighted by Gasteiger charge is -2.26. The van der Waals surface area contributed by atoms with Gasteiger partial charge in [0.25, 0.3) is 5.91 Å². The highest BCUT2D eigenvalue weighted by atomic mass is 19.1. The number of aliphatic hydroxyl groups is 1. The summed E-state index contributed by atoms with van der Waals surface area (Å²) in [5.41, 5.74) is 11.8. The van der Waals surface area contributed by atoms with Crippen molar-refractivity contribution in [2.24, 2.45) is 11.6 Å². The fourth-order valence-electron chi connectivity index (χ4n) is 3.72. The van der Waals surface area contributed by atoms with Crippen molar-refractivity contribution in [3.05, 3.63) is 107 Å². The van der Waals surface area contributed by atoms with Crippen LogP contribution in [-0.4, -0.2) is 39.7 Å². The van der Waals surface area contributed by atoms with Crippen LogP contribution in [0, 0.1) is 5.82 Å². The van der Waals surface area contributed by atoms with Gasteiger partial charge in [0.2, 0.25) is 5.91 Å². The first-order valence-corrected chi connectivity index (χ1v) is 11.5. The van der Waals surface area contributed by atoms with Crippen LogP contribution in [0.2, 0.25) is 0 Å². The molecule has 37 heavy (non-hydrogen) atoms. The van der Waals surface area contributed by atoms with Crippen molar-refractivity contribution in [1.29, 1.82) is 0 Å². The fraction of sp³-hybridized carbons (Fsp3) is 0.185. The van der Waals surface area contributed by atoms with E-state index in [9.17, 15) is 19.1 Å². The zero-order chi connectivity index (χ0) is 26.8. The molecule has 0 saturated carbocycles. The summed E-state index contributed by atoms with van der Waals surface area (Å²) in [6.07, 6.45) is 1.66. The van der Waals surface area contributed by atoms with Crippen LogP contribution in [0.5, 0.6) is 0 Å². The Bertz CT molecular complexity index is 1230. The average Bonchev–Trinajstić information content (AvgIpc) is 2.91. The van der Waals surface area contributed by atoms with Gasteiger partial charge >= 0.3 is 0 Å². The number of nitrogens with two attached hydrogens (primary N) is 2. The summed E-state index contributed by atoms with van der Waals surface area (Å²) < 4.78 is 13.1. The third kappa shape index (κ3) is 8.14. The number of hydrogen-bond donors (Lipinski definition) is 6. The van der Waals surface area contributed by atoms with Gasteiger partial charge in [-0.15, -0.1) is 0 Å². The van der Waals surface area contributed by atoms with E-state index in [-0.39, 0.29) is 30.8 Å². The molecule has 0 spiro atoms. The van der Waals surface area contributed by atoms with Crippen LogP contribution < -0.4 is 22.4 Å². The van der Waals surface area contributed by atoms with E-state index in [1.54, 1.807) is 5.48 Å². The van der Waals surface area contributed by atoms with E-state index in [1.165, 1.54) is 35.5 Å². The number of nitrogens with one attached hydrogen (secondary N) is 2. The monoisotopic (exact) mass is 507 g/mol. The van der Waals surface area contributed by atoms with Crippen molar-refractivity contribution >= 4 is 11.8 Å². The molecular weight excluding hydrogens is 477 g/mol. The number of nitrogens with zero attached hydrogens (tertiary/aromatic N) is 1. The van der Waals surface area contributed by atoms with Crippen LogP contribution in [0.1, 0.15) is 27.9 Å². The summed E-state index contributed by atoms with van der Waals surface area (Å²) in [6, 6.07) is 19.8. The number of aliphatic hydroxyl groups excluding tert-OH is 1. The van der Waals surface area contributed by atoms with E-state index in [0.29, 0.717) is 6.42 Å². The Morgan fingerprint density at radius 3 is 2.35 bits per heavy atom. The Morgan fingerprint density at radius 1 is 1.00 bits per heavy atom. The molecule has 2 amide bonds. The lowest BCUT2D eigenvalue weighted by atomic mass is 9.97. The molecule has 1 atom stereocenters. The van der Waals surface area contributed by atoms with Crippen molar-refractivity contribution in [2.45, 2.75) is 25.5 Å². The molecule has 10 heteroatoms. The van der Waals surface area contributed by atoms with Gasteiger partial charge in [-0.2, -0.15) is 0 Å². The maximum atomic E-state index is 13.1. The zero-order valence-corrected chi connectivity index (χ0v) is 20.1. The van der Waals surface area contributed by atoms with E-state index >= 15 is 0 Å². The topological polar surface area (TPSA) is 154 Å². The Balaban J connectivity index is 1.70. The van der Waals surface area contributed by atoms with Crippen molar-refractivity contribution in [1.82, 2.24) is 15.8 Å². The molecule has 0 heterocycles. The number of amides is 2. The molecule has 3 aromatic rings. The number of hydrogen-bond acceptors (Lipinski definition) is 7. The highest BCUT2D eigenvalue weighted by molar-refractivity contribution is 5.94. The number of carbonyl (C=O) groups excluding carboxylic acids is 2. The zero-order valence-electron chi connectivity index (χ0n) is 20.1. The molecule has 0 aliphatic rings. The molecule has 0 aliphatic heterocycles. The molecule has 0 aliphatic carbocycles. The Hall–Kier alpha value is -4.25. The van der Waals surface area contributed by atoms with Gasteiger partial charge in [0.1, 0.15) is 5.82 Å². The first-order chi connectivity index (χ1) is 17.8. The first-order valence-electron chi connectivity index (χ1n) is 11.5. The quantitative estimate of drug-likeness (QED) is 0.132. The molecule has 8 N–H and O–H groups in total. The standard InChI is InChI=1S/C27H30FN5O4/c28-23-10-8-21(9-11-23)27(36)31-15-24(29)16-33(30)25(14-26(35)32-37)13-19-2-1-3-22(12-19)20-6-4-18(17-34)5-7-20/h1-12,16,25,34,37H,13-15,17,29-30H2,(H,31,36)(H,32,35)/b24-16-. The Morgan fingerprint density at radius 2 is 1.70 bits per heavy atom. The van der Waals surface area contributed by atoms with Crippen molar-refractivity contribution < 1.29 is 24.3 Å². The maximum absolute atomic E-state index is 13.1. The molecule has 3 rings (SSSR count). The van der Waals surface area contributed by atoms with Gasteiger partial charge in [0.15, 0.2) is 0 Å². The van der Waals surface area contributed by atoms with Crippen LogP contribution in [0.4, 0.5) is 4.39 Å². The number of hydrazine groups is 1. The summed E-state index contributed by atoms with van der Waals surface area (Å²) in [5, 5.41) is 22.2. The van der Waals surface area contributed by atoms with E-state index in [2.05, 4.69) is 5.32 Å². The third-order valence-electron chi connectivity index (χ3n) is 5.71. The highest BCUT2D eigenvalue weighted by Gasteiger charge is 2.19. The predicted octanol–water partition coefficient (Wildman–Crippen LogP) is 2.20. The second-order valence-electron chi connectivity index (χ2n) is 8.49. The van der Waals surface area contributed by atoms with Crippen LogP contribution in [0.25, 0.3) is 11.1 Å². The minimum atomic E-state index is -0.618. The molecule has 9 nitrogen and oxygen atoms in total. The number of hydroxylamine groups is 1. The maximum Gasteiger partial charge on any atom is 0.251 e. The van der Waals surface area contributed by atoms with Gasteiger partial charge in [-0.1, -0.05) is 48.5 Å². The minimum absolute atomic E-state index is 0.0256. The second kappa shape index (κ2) is 13.2. The van der Waals surface area contributed by atoms with Crippen molar-refractivity contribution in [3.8, 4) is 11.1 Å². The van der Waals surface area contributed by atoms with Gasteiger partial charge in [0.05, 0.1) is 25.6 Å². The number of halogens is 1. The van der Waals surface area contributed by atoms with Crippen molar-refractivity contribution in [3.63, 3.8) is 0 Å². The van der Waals surface area contributed by atoms with E-state index in [1.807, 2.05) is 48.5 Å². The molecule has 0 saturated heterocycles. The fourth-order valence-corrected chi connectivity index (χ4v) is 3.72. The van der Waals surface area contributed by atoms with Gasteiger partial charge < -0.3 is 21.2 Å². The van der Waals surface area contributed by atoms with Gasteiger partial charge in [0, 0.05) is 17.5 Å². The van der Waals surface area contributed by atoms with E-state index < -0.39 is 23.7 Å². The molecule has 1 unspecified atom stereocenters. The smallest absolute Gasteiger partial charge is 0.251 e. The predicted molar refractivity (Wildman–Crippen MR) is 137 cm³/mol. The lowest BCUT2D eigenvalue weighted by Crippen LogP contribution is -2.42. The number of carbonyl (C=O) groups is 2. The third-order valence-corrected chi connectivity index (χ3v) is 5.71.